The third kappa shape index (κ3) is 4.99. The van der Waals surface area contributed by atoms with Crippen LogP contribution in [0.3, 0.4) is 0 Å². The second-order valence-corrected chi connectivity index (χ2v) is 8.06. The van der Waals surface area contributed by atoms with Gasteiger partial charge in [-0.1, -0.05) is 5.16 Å². The zero-order chi connectivity index (χ0) is 22.8. The first kappa shape index (κ1) is 24.0. The van der Waals surface area contributed by atoms with Gasteiger partial charge in [0.25, 0.3) is 5.89 Å². The fourth-order valence-corrected chi connectivity index (χ4v) is 4.10. The van der Waals surface area contributed by atoms with E-state index in [9.17, 15) is 10.1 Å². The maximum atomic E-state index is 10.8. The molecule has 0 amide bonds. The molecule has 1 N–H and O–H groups in total. The van der Waals surface area contributed by atoms with E-state index in [0.717, 1.165) is 42.1 Å². The van der Waals surface area contributed by atoms with Crippen molar-refractivity contribution in [2.45, 2.75) is 44.8 Å². The largest absolute Gasteiger partial charge is 0.489 e. The Bertz CT molecular complexity index is 1370. The van der Waals surface area contributed by atoms with E-state index in [1.165, 1.54) is 0 Å². The summed E-state index contributed by atoms with van der Waals surface area (Å²) in [5.74, 6) is 0.437. The first-order valence-corrected chi connectivity index (χ1v) is 10.8. The molecule has 1 aliphatic rings. The standard InChI is InChI=1S/C24H21N5O4.Na/c25-13-17-12-16(6-8-21(17)32-19-3-1-2-4-19)24-27-23(28-33-24)15-5-7-20-18(11-15)14-26-29(20)10-9-22(30)31;/h5-8,11-12,14,19H,1-4,9-10H2,(H,30,31);. The van der Waals surface area contributed by atoms with Gasteiger partial charge in [0.2, 0.25) is 5.82 Å². The van der Waals surface area contributed by atoms with Crippen molar-refractivity contribution < 1.29 is 19.2 Å². The van der Waals surface area contributed by atoms with Gasteiger partial charge in [0.15, 0.2) is 0 Å². The predicted molar refractivity (Wildman–Crippen MR) is 124 cm³/mol. The predicted octanol–water partition coefficient (Wildman–Crippen LogP) is 4.04. The Balaban J connectivity index is 0.00000274. The second-order valence-electron chi connectivity index (χ2n) is 8.06. The molecule has 1 aliphatic carbocycles. The number of carbonyl (C=O) groups is 1. The summed E-state index contributed by atoms with van der Waals surface area (Å²) in [6.07, 6.45) is 6.20. The minimum absolute atomic E-state index is 0. The Hall–Kier alpha value is -3.19. The van der Waals surface area contributed by atoms with Crippen molar-refractivity contribution >= 4 is 46.4 Å². The zero-order valence-corrected chi connectivity index (χ0v) is 20.8. The van der Waals surface area contributed by atoms with Crippen molar-refractivity contribution in [2.75, 3.05) is 0 Å². The van der Waals surface area contributed by atoms with Gasteiger partial charge in [-0.05, 0) is 62.1 Å². The number of nitrogens with zero attached hydrogens (tertiary/aromatic N) is 5. The van der Waals surface area contributed by atoms with Gasteiger partial charge in [-0.25, -0.2) is 0 Å². The summed E-state index contributed by atoms with van der Waals surface area (Å²) in [6, 6.07) is 13.1. The summed E-state index contributed by atoms with van der Waals surface area (Å²) in [5.41, 5.74) is 2.66. The number of carboxylic acid groups (broad SMARTS) is 1. The second kappa shape index (κ2) is 10.4. The monoisotopic (exact) mass is 466 g/mol. The summed E-state index contributed by atoms with van der Waals surface area (Å²) in [6.45, 7) is 0.298. The summed E-state index contributed by atoms with van der Waals surface area (Å²) >= 11 is 0. The molecule has 0 aliphatic heterocycles. The van der Waals surface area contributed by atoms with Crippen LogP contribution in [0.5, 0.6) is 5.75 Å². The molecular formula is C24H21N5NaO4. The van der Waals surface area contributed by atoms with E-state index in [1.807, 2.05) is 24.3 Å². The molecule has 0 saturated heterocycles. The van der Waals surface area contributed by atoms with Crippen LogP contribution in [0.4, 0.5) is 0 Å². The molecule has 2 heterocycles. The van der Waals surface area contributed by atoms with E-state index < -0.39 is 5.97 Å². The molecular weight excluding hydrogens is 445 g/mol. The van der Waals surface area contributed by atoms with Gasteiger partial charge in [0.1, 0.15) is 11.8 Å². The normalized spacial score (nSPS) is 13.5. The summed E-state index contributed by atoms with van der Waals surface area (Å²) < 4.78 is 13.1. The number of fused-ring (bicyclic) bond motifs is 1. The van der Waals surface area contributed by atoms with Crippen molar-refractivity contribution in [1.82, 2.24) is 19.9 Å². The van der Waals surface area contributed by atoms with E-state index in [4.69, 9.17) is 14.4 Å². The quantitative estimate of drug-likeness (QED) is 0.404. The van der Waals surface area contributed by atoms with Crippen LogP contribution in [0.2, 0.25) is 0 Å². The Morgan fingerprint density at radius 3 is 2.76 bits per heavy atom. The van der Waals surface area contributed by atoms with Gasteiger partial charge in [0.05, 0.1) is 36.3 Å². The minimum Gasteiger partial charge on any atom is -0.489 e. The molecule has 10 heteroatoms. The topological polar surface area (TPSA) is 127 Å². The van der Waals surface area contributed by atoms with Crippen molar-refractivity contribution in [1.29, 1.82) is 5.26 Å². The average molecular weight is 466 g/mol. The van der Waals surface area contributed by atoms with Gasteiger partial charge < -0.3 is 14.4 Å². The molecule has 0 spiro atoms. The van der Waals surface area contributed by atoms with E-state index >= 15 is 0 Å². The third-order valence-electron chi connectivity index (χ3n) is 5.81. The fourth-order valence-electron chi connectivity index (χ4n) is 4.10. The SMILES string of the molecule is N#Cc1cc(-c2nc(-c3ccc4c(cnn4CCC(=O)O)c3)no2)ccc1OC1CCCC1.[Na]. The van der Waals surface area contributed by atoms with Gasteiger partial charge in [-0.15, -0.1) is 0 Å². The van der Waals surface area contributed by atoms with E-state index in [-0.39, 0.29) is 42.1 Å². The number of aromatic nitrogens is 4. The van der Waals surface area contributed by atoms with Crippen molar-refractivity contribution in [3.63, 3.8) is 0 Å². The number of nitriles is 1. The number of hydrogen-bond acceptors (Lipinski definition) is 7. The number of carboxylic acids is 1. The molecule has 0 atom stereocenters. The van der Waals surface area contributed by atoms with E-state index in [2.05, 4.69) is 21.3 Å². The first-order valence-electron chi connectivity index (χ1n) is 10.8. The van der Waals surface area contributed by atoms with Crippen LogP contribution in [0, 0.1) is 11.3 Å². The fraction of sp³-hybridized carbons (Fsp3) is 0.292. The maximum absolute atomic E-state index is 10.8. The maximum Gasteiger partial charge on any atom is 0.305 e. The molecule has 2 aromatic heterocycles. The smallest absolute Gasteiger partial charge is 0.305 e. The van der Waals surface area contributed by atoms with Crippen LogP contribution < -0.4 is 4.74 Å². The molecule has 1 saturated carbocycles. The number of ether oxygens (including phenoxy) is 1. The molecule has 4 aromatic rings. The van der Waals surface area contributed by atoms with Crippen LogP contribution in [0.1, 0.15) is 37.7 Å². The Kier molecular flexibility index (Phi) is 7.32. The van der Waals surface area contributed by atoms with Crippen LogP contribution in [-0.2, 0) is 11.3 Å². The number of rotatable bonds is 7. The number of benzene rings is 2. The molecule has 34 heavy (non-hydrogen) atoms. The molecule has 0 bridgehead atoms. The summed E-state index contributed by atoms with van der Waals surface area (Å²) in [4.78, 5) is 15.3. The summed E-state index contributed by atoms with van der Waals surface area (Å²) in [5, 5.41) is 27.7. The average Bonchev–Trinajstić information content (AvgIpc) is 3.58. The minimum atomic E-state index is -0.868. The van der Waals surface area contributed by atoms with Gasteiger partial charge in [-0.3, -0.25) is 9.48 Å². The van der Waals surface area contributed by atoms with Gasteiger partial charge in [0, 0.05) is 46.1 Å². The third-order valence-corrected chi connectivity index (χ3v) is 5.81. The van der Waals surface area contributed by atoms with Gasteiger partial charge >= 0.3 is 5.97 Å². The van der Waals surface area contributed by atoms with Crippen LogP contribution >= 0.6 is 0 Å². The zero-order valence-electron chi connectivity index (χ0n) is 18.8. The molecule has 167 valence electrons. The summed E-state index contributed by atoms with van der Waals surface area (Å²) in [7, 11) is 0. The van der Waals surface area contributed by atoms with E-state index in [0.29, 0.717) is 35.1 Å². The Labute approximate surface area is 217 Å². The van der Waals surface area contributed by atoms with E-state index in [1.54, 1.807) is 23.0 Å². The molecule has 0 unspecified atom stereocenters. The molecule has 2 aromatic carbocycles. The Morgan fingerprint density at radius 2 is 2.00 bits per heavy atom. The van der Waals surface area contributed by atoms with Crippen LogP contribution in [-0.4, -0.2) is 66.7 Å². The first-order chi connectivity index (χ1) is 16.1. The molecule has 9 nitrogen and oxygen atoms in total. The van der Waals surface area contributed by atoms with Crippen molar-refractivity contribution in [3.8, 4) is 34.7 Å². The van der Waals surface area contributed by atoms with Crippen molar-refractivity contribution in [2.24, 2.45) is 0 Å². The molecule has 1 radical (unpaired) electrons. The molecule has 5 rings (SSSR count). The van der Waals surface area contributed by atoms with Crippen LogP contribution in [0.15, 0.2) is 47.1 Å². The molecule has 1 fully saturated rings. The number of aliphatic carboxylic acids is 1. The van der Waals surface area contributed by atoms with Crippen molar-refractivity contribution in [3.05, 3.63) is 48.2 Å². The Morgan fingerprint density at radius 1 is 1.21 bits per heavy atom. The van der Waals surface area contributed by atoms with Gasteiger partial charge in [-0.2, -0.15) is 15.3 Å². The van der Waals surface area contributed by atoms with Crippen LogP contribution in [0.25, 0.3) is 33.7 Å². The number of aryl methyl sites for hydroxylation is 1. The number of hydrogen-bond donors (Lipinski definition) is 1.